The molecule has 0 aliphatic heterocycles. The molecular formula is C13H14Br2FN3. The van der Waals surface area contributed by atoms with Crippen LogP contribution in [0.5, 0.6) is 0 Å². The van der Waals surface area contributed by atoms with Crippen molar-refractivity contribution in [1.29, 1.82) is 0 Å². The van der Waals surface area contributed by atoms with Crippen molar-refractivity contribution >= 4 is 31.9 Å². The van der Waals surface area contributed by atoms with E-state index in [1.165, 1.54) is 6.07 Å². The molecule has 0 radical (unpaired) electrons. The molecular weight excluding hydrogens is 377 g/mol. The van der Waals surface area contributed by atoms with Crippen molar-refractivity contribution in [3.05, 3.63) is 50.4 Å². The van der Waals surface area contributed by atoms with Gasteiger partial charge in [0.05, 0.1) is 26.9 Å². The Hall–Kier alpha value is -0.720. The van der Waals surface area contributed by atoms with Crippen LogP contribution in [0.3, 0.4) is 0 Å². The third-order valence-electron chi connectivity index (χ3n) is 2.99. The largest absolute Gasteiger partial charge is 0.308 e. The predicted octanol–water partition coefficient (Wildman–Crippen LogP) is 3.88. The Morgan fingerprint density at radius 1 is 1.42 bits per heavy atom. The average molecular weight is 391 g/mol. The summed E-state index contributed by atoms with van der Waals surface area (Å²) in [5.74, 6) is -0.267. The van der Waals surface area contributed by atoms with E-state index in [0.29, 0.717) is 4.47 Å². The molecule has 2 rings (SSSR count). The third kappa shape index (κ3) is 2.75. The molecule has 0 fully saturated rings. The quantitative estimate of drug-likeness (QED) is 0.858. The van der Waals surface area contributed by atoms with Crippen LogP contribution in [0.2, 0.25) is 0 Å². The van der Waals surface area contributed by atoms with Gasteiger partial charge in [0.2, 0.25) is 0 Å². The summed E-state index contributed by atoms with van der Waals surface area (Å²) in [6, 6.07) is 4.91. The number of nitrogens with zero attached hydrogens (tertiary/aromatic N) is 2. The van der Waals surface area contributed by atoms with E-state index in [1.807, 2.05) is 24.7 Å². The first-order valence-corrected chi connectivity index (χ1v) is 7.51. The van der Waals surface area contributed by atoms with Crippen LogP contribution in [0, 0.1) is 5.82 Å². The molecule has 1 N–H and O–H groups in total. The first-order valence-electron chi connectivity index (χ1n) is 5.92. The fraction of sp³-hybridized carbons (Fsp3) is 0.308. The average Bonchev–Trinajstić information content (AvgIpc) is 2.77. The van der Waals surface area contributed by atoms with Gasteiger partial charge < -0.3 is 5.32 Å². The molecule has 3 nitrogen and oxygen atoms in total. The summed E-state index contributed by atoms with van der Waals surface area (Å²) < 4.78 is 17.0. The molecule has 1 atom stereocenters. The molecule has 102 valence electrons. The number of benzene rings is 1. The molecule has 0 bridgehead atoms. The summed E-state index contributed by atoms with van der Waals surface area (Å²) in [5, 5.41) is 7.52. The van der Waals surface area contributed by atoms with Gasteiger partial charge in [0.15, 0.2) is 0 Å². The highest BCUT2D eigenvalue weighted by atomic mass is 79.9. The second-order valence-electron chi connectivity index (χ2n) is 4.06. The number of halogens is 3. The Balaban J connectivity index is 2.56. The van der Waals surface area contributed by atoms with Gasteiger partial charge in [-0.15, -0.1) is 0 Å². The van der Waals surface area contributed by atoms with Gasteiger partial charge in [0.1, 0.15) is 5.82 Å². The molecule has 0 saturated heterocycles. The monoisotopic (exact) mass is 389 g/mol. The van der Waals surface area contributed by atoms with Crippen LogP contribution in [0.25, 0.3) is 0 Å². The summed E-state index contributed by atoms with van der Waals surface area (Å²) in [4.78, 5) is 0. The van der Waals surface area contributed by atoms with Crippen molar-refractivity contribution in [2.45, 2.75) is 19.5 Å². The molecule has 0 saturated carbocycles. The van der Waals surface area contributed by atoms with E-state index in [4.69, 9.17) is 0 Å². The first-order chi connectivity index (χ1) is 9.10. The maximum Gasteiger partial charge on any atom is 0.137 e. The Morgan fingerprint density at radius 2 is 2.16 bits per heavy atom. The second kappa shape index (κ2) is 6.15. The van der Waals surface area contributed by atoms with Gasteiger partial charge in [0, 0.05) is 6.54 Å². The summed E-state index contributed by atoms with van der Waals surface area (Å²) in [7, 11) is 1.85. The Kier molecular flexibility index (Phi) is 4.76. The minimum atomic E-state index is -0.267. The van der Waals surface area contributed by atoms with E-state index < -0.39 is 0 Å². The van der Waals surface area contributed by atoms with Gasteiger partial charge in [-0.1, -0.05) is 12.1 Å². The lowest BCUT2D eigenvalue weighted by atomic mass is 10.0. The van der Waals surface area contributed by atoms with Crippen LogP contribution in [0.1, 0.15) is 24.2 Å². The molecule has 19 heavy (non-hydrogen) atoms. The topological polar surface area (TPSA) is 29.9 Å². The predicted molar refractivity (Wildman–Crippen MR) is 80.6 cm³/mol. The summed E-state index contributed by atoms with van der Waals surface area (Å²) in [5.41, 5.74) is 1.83. The lowest BCUT2D eigenvalue weighted by Gasteiger charge is -2.20. The Morgan fingerprint density at radius 3 is 2.79 bits per heavy atom. The van der Waals surface area contributed by atoms with Crippen molar-refractivity contribution in [2.24, 2.45) is 0 Å². The highest BCUT2D eigenvalue weighted by Gasteiger charge is 2.23. The number of aromatic nitrogens is 2. The molecule has 6 heteroatoms. The minimum absolute atomic E-state index is 0.137. The van der Waals surface area contributed by atoms with Crippen molar-refractivity contribution in [1.82, 2.24) is 15.1 Å². The zero-order valence-corrected chi connectivity index (χ0v) is 13.8. The molecule has 1 unspecified atom stereocenters. The highest BCUT2D eigenvalue weighted by Crippen LogP contribution is 2.33. The lowest BCUT2D eigenvalue weighted by Crippen LogP contribution is -2.22. The van der Waals surface area contributed by atoms with Crippen molar-refractivity contribution in [3.8, 4) is 0 Å². The maximum atomic E-state index is 13.7. The summed E-state index contributed by atoms with van der Waals surface area (Å²) in [6.07, 6.45) is 1.76. The lowest BCUT2D eigenvalue weighted by molar-refractivity contribution is 0.554. The molecule has 0 aliphatic carbocycles. The number of nitrogens with one attached hydrogen (secondary N) is 1. The standard InChI is InChI=1S/C13H14Br2FN3/c1-3-19-13(9(14)7-18-19)12(17-2)8-5-4-6-10(16)11(8)15/h4-7,12,17H,3H2,1-2H3. The van der Waals surface area contributed by atoms with E-state index in [2.05, 4.69) is 42.3 Å². The molecule has 1 heterocycles. The fourth-order valence-corrected chi connectivity index (χ4v) is 3.11. The first kappa shape index (κ1) is 14.7. The van der Waals surface area contributed by atoms with Gasteiger partial charge in [-0.3, -0.25) is 4.68 Å². The highest BCUT2D eigenvalue weighted by molar-refractivity contribution is 9.10. The zero-order valence-electron chi connectivity index (χ0n) is 10.6. The van der Waals surface area contributed by atoms with Crippen LogP contribution in [-0.2, 0) is 6.54 Å². The molecule has 0 aliphatic rings. The third-order valence-corrected chi connectivity index (χ3v) is 4.43. The van der Waals surface area contributed by atoms with Crippen LogP contribution in [0.4, 0.5) is 4.39 Å². The normalized spacial score (nSPS) is 12.7. The van der Waals surface area contributed by atoms with Gasteiger partial charge in [0.25, 0.3) is 0 Å². The van der Waals surface area contributed by atoms with Gasteiger partial charge >= 0.3 is 0 Å². The smallest absolute Gasteiger partial charge is 0.137 e. The SMILES string of the molecule is CCn1ncc(Br)c1C(NC)c1cccc(F)c1Br. The number of hydrogen-bond donors (Lipinski definition) is 1. The maximum absolute atomic E-state index is 13.7. The van der Waals surface area contributed by atoms with Gasteiger partial charge in [-0.2, -0.15) is 5.10 Å². The number of aryl methyl sites for hydroxylation is 1. The fourth-order valence-electron chi connectivity index (χ4n) is 2.09. The molecule has 1 aromatic carbocycles. The summed E-state index contributed by atoms with van der Waals surface area (Å²) >= 11 is 6.83. The van der Waals surface area contributed by atoms with Crippen LogP contribution >= 0.6 is 31.9 Å². The minimum Gasteiger partial charge on any atom is -0.308 e. The number of rotatable bonds is 4. The zero-order chi connectivity index (χ0) is 14.0. The van der Waals surface area contributed by atoms with Crippen molar-refractivity contribution in [3.63, 3.8) is 0 Å². The van der Waals surface area contributed by atoms with Crippen molar-refractivity contribution in [2.75, 3.05) is 7.05 Å². The second-order valence-corrected chi connectivity index (χ2v) is 5.71. The Labute approximate surface area is 128 Å². The molecule has 2 aromatic rings. The number of hydrogen-bond acceptors (Lipinski definition) is 2. The van der Waals surface area contributed by atoms with Crippen LogP contribution < -0.4 is 5.32 Å². The van der Waals surface area contributed by atoms with E-state index in [-0.39, 0.29) is 11.9 Å². The molecule has 1 aromatic heterocycles. The van der Waals surface area contributed by atoms with Crippen LogP contribution in [0.15, 0.2) is 33.3 Å². The van der Waals surface area contributed by atoms with E-state index in [9.17, 15) is 4.39 Å². The molecule has 0 amide bonds. The van der Waals surface area contributed by atoms with E-state index in [0.717, 1.165) is 22.3 Å². The summed E-state index contributed by atoms with van der Waals surface area (Å²) in [6.45, 7) is 2.78. The van der Waals surface area contributed by atoms with E-state index >= 15 is 0 Å². The van der Waals surface area contributed by atoms with Crippen molar-refractivity contribution < 1.29 is 4.39 Å². The van der Waals surface area contributed by atoms with Crippen LogP contribution in [-0.4, -0.2) is 16.8 Å². The van der Waals surface area contributed by atoms with Gasteiger partial charge in [-0.25, -0.2) is 4.39 Å². The van der Waals surface area contributed by atoms with Gasteiger partial charge in [-0.05, 0) is 57.5 Å². The molecule has 0 spiro atoms. The van der Waals surface area contributed by atoms with E-state index in [1.54, 1.807) is 12.3 Å². The Bertz CT molecular complexity index is 583.